The predicted octanol–water partition coefficient (Wildman–Crippen LogP) is 3.49. The van der Waals surface area contributed by atoms with Gasteiger partial charge in [-0.3, -0.25) is 9.59 Å². The molecule has 1 spiro atoms. The van der Waals surface area contributed by atoms with Gasteiger partial charge in [0.05, 0.1) is 16.5 Å². The van der Waals surface area contributed by atoms with Crippen LogP contribution in [0.15, 0.2) is 30.3 Å². The summed E-state index contributed by atoms with van der Waals surface area (Å²) in [6, 6.07) is 9.53. The minimum absolute atomic E-state index is 0.00459. The number of benzene rings is 1. The van der Waals surface area contributed by atoms with Crippen LogP contribution in [0.5, 0.6) is 0 Å². The predicted molar refractivity (Wildman–Crippen MR) is 144 cm³/mol. The third-order valence-electron chi connectivity index (χ3n) is 9.72. The molecule has 1 atom stereocenters. The second kappa shape index (κ2) is 9.61. The first kappa shape index (κ1) is 27.4. The zero-order valence-corrected chi connectivity index (χ0v) is 23.2. The van der Waals surface area contributed by atoms with Crippen molar-refractivity contribution < 1.29 is 14.4 Å². The first-order valence-corrected chi connectivity index (χ1v) is 13.8. The van der Waals surface area contributed by atoms with Crippen molar-refractivity contribution >= 4 is 17.8 Å². The normalized spacial score (nSPS) is 28.8. The highest BCUT2D eigenvalue weighted by atomic mass is 16.2. The molecule has 1 saturated heterocycles. The molecule has 2 saturated carbocycles. The van der Waals surface area contributed by atoms with E-state index in [-0.39, 0.29) is 24.0 Å². The summed E-state index contributed by atoms with van der Waals surface area (Å²) < 4.78 is 0. The molecule has 1 aliphatic heterocycles. The van der Waals surface area contributed by atoms with Crippen molar-refractivity contribution in [2.24, 2.45) is 22.8 Å². The van der Waals surface area contributed by atoms with E-state index in [9.17, 15) is 14.4 Å². The Morgan fingerprint density at radius 2 is 1.68 bits per heavy atom. The zero-order valence-electron chi connectivity index (χ0n) is 23.2. The lowest BCUT2D eigenvalue weighted by Crippen LogP contribution is -2.63. The van der Waals surface area contributed by atoms with Gasteiger partial charge in [0, 0.05) is 18.6 Å². The minimum atomic E-state index is -0.902. The number of carbonyl (C=O) groups is 3. The summed E-state index contributed by atoms with van der Waals surface area (Å²) in [5, 5.41) is 2.72. The Morgan fingerprint density at radius 3 is 2.19 bits per heavy atom. The molecule has 0 radical (unpaired) electrons. The largest absolute Gasteiger partial charge is 0.368 e. The standard InChI is InChI=1S/C29H45N5O3/c1-20(23(30)35)32-24(36)26(2,3)19-34-25(37)33(18-21-10-9-11-21)29(27(34,4)5)16-14-28(31,15-17-29)22-12-7-6-8-13-22/h6-8,12-13,20-21H,9-11,14-19,31H2,1-5H3,(H2,30,35)(H,32,36). The molecule has 1 heterocycles. The highest BCUT2D eigenvalue weighted by Gasteiger charge is 2.64. The summed E-state index contributed by atoms with van der Waals surface area (Å²) in [4.78, 5) is 42.8. The van der Waals surface area contributed by atoms with Crippen LogP contribution in [0.4, 0.5) is 4.79 Å². The molecule has 0 bridgehead atoms. The third-order valence-corrected chi connectivity index (χ3v) is 9.72. The van der Waals surface area contributed by atoms with E-state index in [4.69, 9.17) is 11.5 Å². The molecule has 204 valence electrons. The Hall–Kier alpha value is -2.61. The number of nitrogens with two attached hydrogens (primary N) is 2. The maximum absolute atomic E-state index is 14.1. The van der Waals surface area contributed by atoms with E-state index in [1.54, 1.807) is 6.92 Å². The van der Waals surface area contributed by atoms with Gasteiger partial charge in [-0.25, -0.2) is 4.79 Å². The van der Waals surface area contributed by atoms with Crippen molar-refractivity contribution in [2.75, 3.05) is 13.1 Å². The van der Waals surface area contributed by atoms with Crippen LogP contribution in [0.2, 0.25) is 0 Å². The summed E-state index contributed by atoms with van der Waals surface area (Å²) in [6.07, 6.45) is 6.74. The molecule has 37 heavy (non-hydrogen) atoms. The van der Waals surface area contributed by atoms with E-state index in [2.05, 4.69) is 36.2 Å². The SMILES string of the molecule is CC(NC(=O)C(C)(C)CN1C(=O)N(CC2CCC2)C2(CCC(N)(c3ccccc3)CC2)C1(C)C)C(N)=O. The van der Waals surface area contributed by atoms with Crippen LogP contribution in [0.3, 0.4) is 0 Å². The molecular formula is C29H45N5O3. The van der Waals surface area contributed by atoms with Crippen LogP contribution in [-0.4, -0.2) is 57.9 Å². The van der Waals surface area contributed by atoms with Crippen molar-refractivity contribution in [1.29, 1.82) is 0 Å². The number of nitrogens with one attached hydrogen (secondary N) is 1. The van der Waals surface area contributed by atoms with Crippen LogP contribution >= 0.6 is 0 Å². The third kappa shape index (κ3) is 4.73. The topological polar surface area (TPSA) is 122 Å². The van der Waals surface area contributed by atoms with Gasteiger partial charge in [0.2, 0.25) is 11.8 Å². The molecule has 1 aromatic carbocycles. The first-order chi connectivity index (χ1) is 17.2. The van der Waals surface area contributed by atoms with Gasteiger partial charge >= 0.3 is 6.03 Å². The maximum Gasteiger partial charge on any atom is 0.321 e. The van der Waals surface area contributed by atoms with Gasteiger partial charge in [0.25, 0.3) is 0 Å². The Bertz CT molecular complexity index is 1030. The van der Waals surface area contributed by atoms with Gasteiger partial charge in [-0.1, -0.05) is 36.8 Å². The lowest BCUT2D eigenvalue weighted by atomic mass is 9.62. The summed E-state index contributed by atoms with van der Waals surface area (Å²) in [5.74, 6) is -0.344. The number of amides is 4. The number of hydrogen-bond donors (Lipinski definition) is 3. The van der Waals surface area contributed by atoms with Gasteiger partial charge in [0.15, 0.2) is 0 Å². The second-order valence-electron chi connectivity index (χ2n) is 12.9. The Kier molecular flexibility index (Phi) is 7.12. The van der Waals surface area contributed by atoms with Crippen molar-refractivity contribution in [3.8, 4) is 0 Å². The molecule has 5 N–H and O–H groups in total. The molecule has 3 aliphatic rings. The fourth-order valence-electron chi connectivity index (χ4n) is 6.58. The number of rotatable bonds is 8. The molecule has 0 aromatic heterocycles. The van der Waals surface area contributed by atoms with E-state index in [0.717, 1.165) is 50.6 Å². The molecule has 1 aromatic rings. The summed E-state index contributed by atoms with van der Waals surface area (Å²) in [7, 11) is 0. The lowest BCUT2D eigenvalue weighted by molar-refractivity contribution is -0.134. The summed E-state index contributed by atoms with van der Waals surface area (Å²) >= 11 is 0. The lowest BCUT2D eigenvalue weighted by Gasteiger charge is -2.54. The van der Waals surface area contributed by atoms with E-state index in [1.807, 2.05) is 36.9 Å². The first-order valence-electron chi connectivity index (χ1n) is 13.8. The van der Waals surface area contributed by atoms with E-state index in [0.29, 0.717) is 5.92 Å². The number of urea groups is 1. The zero-order chi connectivity index (χ0) is 27.2. The molecule has 8 nitrogen and oxygen atoms in total. The van der Waals surface area contributed by atoms with Gasteiger partial charge in [-0.15, -0.1) is 0 Å². The molecule has 2 aliphatic carbocycles. The van der Waals surface area contributed by atoms with Crippen LogP contribution in [0.25, 0.3) is 0 Å². The average molecular weight is 512 g/mol. The fraction of sp³-hybridized carbons (Fsp3) is 0.690. The van der Waals surface area contributed by atoms with Crippen LogP contribution < -0.4 is 16.8 Å². The van der Waals surface area contributed by atoms with Crippen molar-refractivity contribution in [2.45, 2.75) is 102 Å². The summed E-state index contributed by atoms with van der Waals surface area (Å²) in [5.41, 5.74) is 11.3. The number of nitrogens with zero attached hydrogens (tertiary/aromatic N) is 2. The maximum atomic E-state index is 14.1. The second-order valence-corrected chi connectivity index (χ2v) is 12.9. The number of hydrogen-bond acceptors (Lipinski definition) is 4. The molecule has 3 fully saturated rings. The minimum Gasteiger partial charge on any atom is -0.368 e. The Morgan fingerprint density at radius 1 is 1.08 bits per heavy atom. The van der Waals surface area contributed by atoms with Gasteiger partial charge in [0.1, 0.15) is 6.04 Å². The number of carbonyl (C=O) groups excluding carboxylic acids is 3. The monoisotopic (exact) mass is 511 g/mol. The highest BCUT2D eigenvalue weighted by molar-refractivity contribution is 5.89. The van der Waals surface area contributed by atoms with Crippen LogP contribution in [-0.2, 0) is 15.1 Å². The Labute approximate surface area is 221 Å². The highest BCUT2D eigenvalue weighted by Crippen LogP contribution is 2.54. The molecule has 4 amide bonds. The van der Waals surface area contributed by atoms with Crippen LogP contribution in [0, 0.1) is 11.3 Å². The van der Waals surface area contributed by atoms with Gasteiger partial charge in [-0.2, -0.15) is 0 Å². The quantitative estimate of drug-likeness (QED) is 0.494. The van der Waals surface area contributed by atoms with E-state index < -0.39 is 28.4 Å². The number of primary amides is 1. The summed E-state index contributed by atoms with van der Waals surface area (Å²) in [6.45, 7) is 10.5. The molecule has 4 rings (SSSR count). The molecular weight excluding hydrogens is 466 g/mol. The van der Waals surface area contributed by atoms with Crippen molar-refractivity contribution in [1.82, 2.24) is 15.1 Å². The molecule has 8 heteroatoms. The van der Waals surface area contributed by atoms with Crippen molar-refractivity contribution in [3.05, 3.63) is 35.9 Å². The Balaban J connectivity index is 1.61. The van der Waals surface area contributed by atoms with Gasteiger partial charge in [-0.05, 0) is 84.6 Å². The molecule has 1 unspecified atom stereocenters. The van der Waals surface area contributed by atoms with E-state index in [1.165, 1.54) is 6.42 Å². The van der Waals surface area contributed by atoms with Gasteiger partial charge < -0.3 is 26.6 Å². The van der Waals surface area contributed by atoms with E-state index >= 15 is 0 Å². The van der Waals surface area contributed by atoms with Crippen LogP contribution in [0.1, 0.15) is 85.1 Å². The van der Waals surface area contributed by atoms with Crippen molar-refractivity contribution in [3.63, 3.8) is 0 Å². The smallest absolute Gasteiger partial charge is 0.321 e. The fourth-order valence-corrected chi connectivity index (χ4v) is 6.58. The average Bonchev–Trinajstić information content (AvgIpc) is 2.96.